The Morgan fingerprint density at radius 1 is 1.19 bits per heavy atom. The first-order valence-corrected chi connectivity index (χ1v) is 10.3. The van der Waals surface area contributed by atoms with Gasteiger partial charge in [-0.3, -0.25) is 9.69 Å². The van der Waals surface area contributed by atoms with Crippen LogP contribution in [0.1, 0.15) is 61.9 Å². The topological polar surface area (TPSA) is 64.0 Å². The zero-order chi connectivity index (χ0) is 19.4. The maximum Gasteiger partial charge on any atom is 0.253 e. The van der Waals surface area contributed by atoms with Crippen molar-refractivity contribution in [1.82, 2.24) is 9.80 Å². The molecule has 0 aliphatic carbocycles. The predicted octanol–water partition coefficient (Wildman–Crippen LogP) is 2.45. The van der Waals surface area contributed by atoms with Gasteiger partial charge in [0, 0.05) is 31.2 Å². The molecule has 150 valence electrons. The summed E-state index contributed by atoms with van der Waals surface area (Å²) >= 11 is 0. The molecule has 3 rings (SSSR count). The molecule has 1 amide bonds. The molecule has 2 heterocycles. The molecular weight excluding hydrogens is 340 g/mol. The molecule has 1 aromatic rings. The Morgan fingerprint density at radius 3 is 2.59 bits per heavy atom. The maximum atomic E-state index is 12.9. The lowest BCUT2D eigenvalue weighted by Crippen LogP contribution is -2.50. The first-order chi connectivity index (χ1) is 12.8. The van der Waals surface area contributed by atoms with Gasteiger partial charge in [0.25, 0.3) is 5.91 Å². The number of amides is 1. The summed E-state index contributed by atoms with van der Waals surface area (Å²) in [6, 6.07) is 8.32. The fraction of sp³-hybridized carbons (Fsp3) is 0.682. The summed E-state index contributed by atoms with van der Waals surface area (Å²) in [6.07, 6.45) is 5.20. The van der Waals surface area contributed by atoms with Crippen LogP contribution in [0.15, 0.2) is 24.3 Å². The zero-order valence-electron chi connectivity index (χ0n) is 16.7. The van der Waals surface area contributed by atoms with Gasteiger partial charge in [-0.2, -0.15) is 0 Å². The van der Waals surface area contributed by atoms with E-state index in [4.69, 9.17) is 0 Å². The van der Waals surface area contributed by atoms with E-state index in [9.17, 15) is 15.0 Å². The summed E-state index contributed by atoms with van der Waals surface area (Å²) in [4.78, 5) is 17.3. The Balaban J connectivity index is 1.54. The third-order valence-corrected chi connectivity index (χ3v) is 5.90. The first-order valence-electron chi connectivity index (χ1n) is 10.3. The van der Waals surface area contributed by atoms with Crippen molar-refractivity contribution in [3.05, 3.63) is 35.4 Å². The summed E-state index contributed by atoms with van der Waals surface area (Å²) in [5.74, 6) is 0.109. The van der Waals surface area contributed by atoms with E-state index in [1.54, 1.807) is 0 Å². The van der Waals surface area contributed by atoms with E-state index in [0.29, 0.717) is 12.5 Å². The van der Waals surface area contributed by atoms with Gasteiger partial charge in [0.15, 0.2) is 0 Å². The van der Waals surface area contributed by atoms with Crippen molar-refractivity contribution in [3.8, 4) is 0 Å². The minimum absolute atomic E-state index is 0.109. The summed E-state index contributed by atoms with van der Waals surface area (Å²) in [6.45, 7) is 7.04. The number of piperidine rings is 2. The van der Waals surface area contributed by atoms with Crippen LogP contribution >= 0.6 is 0 Å². The molecule has 1 atom stereocenters. The predicted molar refractivity (Wildman–Crippen MR) is 107 cm³/mol. The third kappa shape index (κ3) is 5.77. The van der Waals surface area contributed by atoms with E-state index in [1.165, 1.54) is 0 Å². The van der Waals surface area contributed by atoms with Gasteiger partial charge in [-0.15, -0.1) is 0 Å². The van der Waals surface area contributed by atoms with Gasteiger partial charge in [0.1, 0.15) is 0 Å². The number of carbonyl (C=O) groups excluding carboxylic acids is 1. The third-order valence-electron chi connectivity index (χ3n) is 5.90. The lowest BCUT2D eigenvalue weighted by Gasteiger charge is -2.41. The first kappa shape index (κ1) is 20.3. The number of aliphatic hydroxyl groups is 2. The molecule has 2 aliphatic rings. The number of aryl methyl sites for hydroxylation is 1. The van der Waals surface area contributed by atoms with Crippen molar-refractivity contribution in [2.45, 2.75) is 70.1 Å². The molecule has 0 spiro atoms. The van der Waals surface area contributed by atoms with Gasteiger partial charge >= 0.3 is 0 Å². The van der Waals surface area contributed by atoms with Crippen molar-refractivity contribution in [3.63, 3.8) is 0 Å². The second-order valence-corrected chi connectivity index (χ2v) is 8.83. The highest BCUT2D eigenvalue weighted by Gasteiger charge is 2.30. The quantitative estimate of drug-likeness (QED) is 0.831. The molecule has 0 saturated carbocycles. The van der Waals surface area contributed by atoms with Crippen LogP contribution in [-0.2, 0) is 6.42 Å². The van der Waals surface area contributed by atoms with Crippen LogP contribution in [0.4, 0.5) is 0 Å². The number of rotatable bonds is 5. The minimum Gasteiger partial charge on any atom is -0.392 e. The lowest BCUT2D eigenvalue weighted by molar-refractivity contribution is 0.0241. The van der Waals surface area contributed by atoms with Crippen LogP contribution in [0.2, 0.25) is 0 Å². The van der Waals surface area contributed by atoms with Gasteiger partial charge in [-0.1, -0.05) is 12.1 Å². The molecule has 0 aromatic heterocycles. The molecule has 1 aromatic carbocycles. The number of nitrogens with zero attached hydrogens (tertiary/aromatic N) is 2. The van der Waals surface area contributed by atoms with Crippen LogP contribution in [0.5, 0.6) is 0 Å². The molecule has 2 saturated heterocycles. The lowest BCUT2D eigenvalue weighted by atomic mass is 9.96. The number of likely N-dealkylation sites (tertiary alicyclic amines) is 2. The van der Waals surface area contributed by atoms with Gasteiger partial charge in [-0.25, -0.2) is 0 Å². The average Bonchev–Trinajstić information content (AvgIpc) is 2.66. The van der Waals surface area contributed by atoms with Gasteiger partial charge in [0.05, 0.1) is 11.7 Å². The van der Waals surface area contributed by atoms with Crippen molar-refractivity contribution < 1.29 is 15.0 Å². The highest BCUT2D eigenvalue weighted by atomic mass is 16.3. The van der Waals surface area contributed by atoms with E-state index in [-0.39, 0.29) is 12.0 Å². The smallest absolute Gasteiger partial charge is 0.253 e. The number of β-amino-alcohol motifs (C(OH)–C–C–N with tert-alkyl or cyclic N) is 1. The maximum absolute atomic E-state index is 12.9. The minimum atomic E-state index is -0.691. The fourth-order valence-corrected chi connectivity index (χ4v) is 4.24. The summed E-state index contributed by atoms with van der Waals surface area (Å²) in [5.41, 5.74) is 1.15. The SMILES string of the molecule is CC(C)(O)CCc1cccc(C(=O)N2CCC(N3CCC[C@H](O)C3)CC2)c1. The highest BCUT2D eigenvalue weighted by Crippen LogP contribution is 2.23. The van der Waals surface area contributed by atoms with Crippen LogP contribution in [0, 0.1) is 0 Å². The number of hydrogen-bond acceptors (Lipinski definition) is 4. The Labute approximate surface area is 163 Å². The Morgan fingerprint density at radius 2 is 1.93 bits per heavy atom. The molecule has 0 radical (unpaired) electrons. The number of benzene rings is 1. The van der Waals surface area contributed by atoms with Crippen LogP contribution in [0.3, 0.4) is 0 Å². The fourth-order valence-electron chi connectivity index (χ4n) is 4.24. The second kappa shape index (κ2) is 8.72. The molecule has 2 aliphatic heterocycles. The molecule has 0 bridgehead atoms. The van der Waals surface area contributed by atoms with Crippen molar-refractivity contribution in [2.75, 3.05) is 26.2 Å². The second-order valence-electron chi connectivity index (χ2n) is 8.83. The molecule has 27 heavy (non-hydrogen) atoms. The average molecular weight is 375 g/mol. The Kier molecular flexibility index (Phi) is 6.56. The van der Waals surface area contributed by atoms with E-state index in [1.807, 2.05) is 43.0 Å². The summed E-state index contributed by atoms with van der Waals surface area (Å²) in [5, 5.41) is 19.8. The molecule has 2 fully saturated rings. The summed E-state index contributed by atoms with van der Waals surface area (Å²) in [7, 11) is 0. The molecule has 5 heteroatoms. The van der Waals surface area contributed by atoms with Crippen LogP contribution in [0.25, 0.3) is 0 Å². The van der Waals surface area contributed by atoms with E-state index in [0.717, 1.165) is 69.4 Å². The Hall–Kier alpha value is -1.43. The molecular formula is C22H34N2O3. The van der Waals surface area contributed by atoms with Crippen LogP contribution < -0.4 is 0 Å². The molecule has 2 N–H and O–H groups in total. The van der Waals surface area contributed by atoms with E-state index >= 15 is 0 Å². The molecule has 5 nitrogen and oxygen atoms in total. The normalized spacial score (nSPS) is 22.8. The molecule has 0 unspecified atom stereocenters. The van der Waals surface area contributed by atoms with E-state index < -0.39 is 5.60 Å². The Bertz CT molecular complexity index is 633. The standard InChI is InChI=1S/C22H34N2O3/c1-22(2,27)11-8-17-5-3-6-18(15-17)21(26)23-13-9-19(10-14-23)24-12-4-7-20(25)16-24/h3,5-6,15,19-20,25,27H,4,7-14,16H2,1-2H3/t20-/m0/s1. The number of aliphatic hydroxyl groups excluding tert-OH is 1. The largest absolute Gasteiger partial charge is 0.392 e. The van der Waals surface area contributed by atoms with Gasteiger partial charge < -0.3 is 15.1 Å². The van der Waals surface area contributed by atoms with Crippen molar-refractivity contribution in [1.29, 1.82) is 0 Å². The zero-order valence-corrected chi connectivity index (χ0v) is 16.7. The van der Waals surface area contributed by atoms with Crippen molar-refractivity contribution in [2.24, 2.45) is 0 Å². The van der Waals surface area contributed by atoms with Gasteiger partial charge in [-0.05, 0) is 76.6 Å². The monoisotopic (exact) mass is 374 g/mol. The summed E-state index contributed by atoms with van der Waals surface area (Å²) < 4.78 is 0. The van der Waals surface area contributed by atoms with E-state index in [2.05, 4.69) is 4.90 Å². The van der Waals surface area contributed by atoms with Crippen LogP contribution in [-0.4, -0.2) is 69.8 Å². The highest BCUT2D eigenvalue weighted by molar-refractivity contribution is 5.94. The number of carbonyl (C=O) groups is 1. The van der Waals surface area contributed by atoms with Crippen molar-refractivity contribution >= 4 is 5.91 Å². The number of hydrogen-bond donors (Lipinski definition) is 2. The van der Waals surface area contributed by atoms with Gasteiger partial charge in [0.2, 0.25) is 0 Å².